The van der Waals surface area contributed by atoms with E-state index in [0.717, 1.165) is 25.0 Å². The first-order valence-corrected chi connectivity index (χ1v) is 6.00. The van der Waals surface area contributed by atoms with Crippen molar-refractivity contribution in [1.82, 2.24) is 5.32 Å². The van der Waals surface area contributed by atoms with Gasteiger partial charge in [0.25, 0.3) is 0 Å². The minimum atomic E-state index is 0.166. The van der Waals surface area contributed by atoms with Crippen LogP contribution in [0.2, 0.25) is 0 Å². The molecule has 1 aliphatic carbocycles. The highest BCUT2D eigenvalue weighted by atomic mass is 32.2. The molecule has 1 N–H and O–H groups in total. The second kappa shape index (κ2) is 4.18. The molecule has 0 aromatic carbocycles. The zero-order valence-electron chi connectivity index (χ0n) is 7.71. The van der Waals surface area contributed by atoms with Crippen molar-refractivity contribution in [2.45, 2.75) is 30.9 Å². The summed E-state index contributed by atoms with van der Waals surface area (Å²) in [5.74, 6) is 1.43. The molecule has 0 saturated carbocycles. The third-order valence-corrected chi connectivity index (χ3v) is 4.01. The number of nitrogens with one attached hydrogen (secondary N) is 1. The van der Waals surface area contributed by atoms with E-state index in [1.165, 1.54) is 18.6 Å². The molecule has 1 amide bonds. The number of carbonyl (C=O) groups excluding carboxylic acids is 1. The molecule has 0 spiro atoms. The van der Waals surface area contributed by atoms with Crippen molar-refractivity contribution in [1.29, 1.82) is 0 Å². The Morgan fingerprint density at radius 3 is 3.08 bits per heavy atom. The Hall–Kier alpha value is -0.440. The maximum atomic E-state index is 11.4. The highest BCUT2D eigenvalue weighted by Crippen LogP contribution is 2.25. The third kappa shape index (κ3) is 2.27. The standard InChI is InChI=1S/C10H15NOS/c12-10(8-3-1-4-8)11-7-9-5-2-6-13-9/h3,9H,1-2,4-7H2,(H,11,12). The van der Waals surface area contributed by atoms with Gasteiger partial charge in [0.15, 0.2) is 0 Å². The maximum Gasteiger partial charge on any atom is 0.246 e. The molecular formula is C10H15NOS. The van der Waals surface area contributed by atoms with Crippen LogP contribution < -0.4 is 5.32 Å². The van der Waals surface area contributed by atoms with Crippen molar-refractivity contribution >= 4 is 17.7 Å². The lowest BCUT2D eigenvalue weighted by Crippen LogP contribution is -2.32. The SMILES string of the molecule is O=C(NCC1CCCS1)C1=CCC1. The number of hydrogen-bond donors (Lipinski definition) is 1. The Kier molecular flexibility index (Phi) is 2.94. The van der Waals surface area contributed by atoms with Crippen LogP contribution in [0.4, 0.5) is 0 Å². The highest BCUT2D eigenvalue weighted by molar-refractivity contribution is 8.00. The lowest BCUT2D eigenvalue weighted by molar-refractivity contribution is -0.117. The fourth-order valence-corrected chi connectivity index (χ4v) is 2.82. The fourth-order valence-electron chi connectivity index (χ4n) is 1.62. The van der Waals surface area contributed by atoms with Crippen molar-refractivity contribution in [2.24, 2.45) is 0 Å². The van der Waals surface area contributed by atoms with Crippen LogP contribution in [0.15, 0.2) is 11.6 Å². The fraction of sp³-hybridized carbons (Fsp3) is 0.700. The van der Waals surface area contributed by atoms with Crippen LogP contribution in [-0.2, 0) is 4.79 Å². The van der Waals surface area contributed by atoms with Gasteiger partial charge in [0.05, 0.1) is 0 Å². The molecule has 1 saturated heterocycles. The summed E-state index contributed by atoms with van der Waals surface area (Å²) in [6.07, 6.45) is 6.67. The van der Waals surface area contributed by atoms with Crippen LogP contribution in [0.1, 0.15) is 25.7 Å². The van der Waals surface area contributed by atoms with Gasteiger partial charge in [0.1, 0.15) is 0 Å². The van der Waals surface area contributed by atoms with Gasteiger partial charge in [0.2, 0.25) is 5.91 Å². The largest absolute Gasteiger partial charge is 0.351 e. The minimum Gasteiger partial charge on any atom is -0.351 e. The second-order valence-corrected chi connectivity index (χ2v) is 5.02. The zero-order valence-corrected chi connectivity index (χ0v) is 8.53. The molecule has 1 heterocycles. The van der Waals surface area contributed by atoms with Crippen molar-refractivity contribution in [3.8, 4) is 0 Å². The Balaban J connectivity index is 1.69. The van der Waals surface area contributed by atoms with Gasteiger partial charge in [-0.3, -0.25) is 4.79 Å². The van der Waals surface area contributed by atoms with E-state index in [2.05, 4.69) is 5.32 Å². The Morgan fingerprint density at radius 2 is 2.54 bits per heavy atom. The first kappa shape index (κ1) is 9.13. The molecule has 72 valence electrons. The van der Waals surface area contributed by atoms with E-state index < -0.39 is 0 Å². The van der Waals surface area contributed by atoms with Gasteiger partial charge < -0.3 is 5.32 Å². The first-order chi connectivity index (χ1) is 6.36. The van der Waals surface area contributed by atoms with Gasteiger partial charge >= 0.3 is 0 Å². The predicted molar refractivity (Wildman–Crippen MR) is 55.8 cm³/mol. The van der Waals surface area contributed by atoms with Crippen LogP contribution in [-0.4, -0.2) is 23.5 Å². The molecule has 2 rings (SSSR count). The average Bonchev–Trinajstić information content (AvgIpc) is 2.49. The summed E-state index contributed by atoms with van der Waals surface area (Å²) in [4.78, 5) is 11.4. The number of rotatable bonds is 3. The molecule has 0 bridgehead atoms. The van der Waals surface area contributed by atoms with E-state index in [0.29, 0.717) is 5.25 Å². The summed E-state index contributed by atoms with van der Waals surface area (Å²) >= 11 is 1.99. The van der Waals surface area contributed by atoms with Gasteiger partial charge in [-0.25, -0.2) is 0 Å². The molecule has 1 fully saturated rings. The summed E-state index contributed by atoms with van der Waals surface area (Å²) in [5.41, 5.74) is 0.989. The molecule has 3 heteroatoms. The molecule has 0 aromatic rings. The van der Waals surface area contributed by atoms with Crippen molar-refractivity contribution < 1.29 is 4.79 Å². The lowest BCUT2D eigenvalue weighted by atomic mass is 9.98. The molecule has 1 atom stereocenters. The Morgan fingerprint density at radius 1 is 1.69 bits per heavy atom. The van der Waals surface area contributed by atoms with Gasteiger partial charge in [-0.05, 0) is 31.4 Å². The van der Waals surface area contributed by atoms with Crippen molar-refractivity contribution in [3.63, 3.8) is 0 Å². The number of carbonyl (C=O) groups is 1. The van der Waals surface area contributed by atoms with Crippen LogP contribution in [0.5, 0.6) is 0 Å². The smallest absolute Gasteiger partial charge is 0.246 e. The molecule has 0 aromatic heterocycles. The third-order valence-electron chi connectivity index (χ3n) is 2.61. The Labute approximate surface area is 83.2 Å². The monoisotopic (exact) mass is 197 g/mol. The molecule has 2 aliphatic rings. The average molecular weight is 197 g/mol. The quantitative estimate of drug-likeness (QED) is 0.746. The van der Waals surface area contributed by atoms with E-state index in [1.807, 2.05) is 17.8 Å². The lowest BCUT2D eigenvalue weighted by Gasteiger charge is -2.15. The minimum absolute atomic E-state index is 0.166. The summed E-state index contributed by atoms with van der Waals surface area (Å²) < 4.78 is 0. The van der Waals surface area contributed by atoms with E-state index >= 15 is 0 Å². The number of allylic oxidation sites excluding steroid dienone is 1. The van der Waals surface area contributed by atoms with Crippen LogP contribution in [0.3, 0.4) is 0 Å². The van der Waals surface area contributed by atoms with Crippen LogP contribution >= 0.6 is 11.8 Å². The topological polar surface area (TPSA) is 29.1 Å². The molecule has 2 nitrogen and oxygen atoms in total. The maximum absolute atomic E-state index is 11.4. The molecule has 13 heavy (non-hydrogen) atoms. The zero-order chi connectivity index (χ0) is 9.10. The van der Waals surface area contributed by atoms with E-state index in [1.54, 1.807) is 0 Å². The van der Waals surface area contributed by atoms with Crippen LogP contribution in [0.25, 0.3) is 0 Å². The van der Waals surface area contributed by atoms with Crippen molar-refractivity contribution in [3.05, 3.63) is 11.6 Å². The Bertz CT molecular complexity index is 231. The number of hydrogen-bond acceptors (Lipinski definition) is 2. The van der Waals surface area contributed by atoms with Gasteiger partial charge in [-0.15, -0.1) is 0 Å². The summed E-state index contributed by atoms with van der Waals surface area (Å²) in [6.45, 7) is 0.862. The highest BCUT2D eigenvalue weighted by Gasteiger charge is 2.18. The number of thioether (sulfide) groups is 1. The van der Waals surface area contributed by atoms with Crippen LogP contribution in [0, 0.1) is 0 Å². The molecule has 1 aliphatic heterocycles. The summed E-state index contributed by atoms with van der Waals surface area (Å²) in [6, 6.07) is 0. The van der Waals surface area contributed by atoms with Gasteiger partial charge in [-0.2, -0.15) is 11.8 Å². The van der Waals surface area contributed by atoms with E-state index in [4.69, 9.17) is 0 Å². The van der Waals surface area contributed by atoms with E-state index in [-0.39, 0.29) is 5.91 Å². The molecular weight excluding hydrogens is 182 g/mol. The normalized spacial score (nSPS) is 26.5. The number of amides is 1. The molecule has 0 radical (unpaired) electrons. The molecule has 1 unspecified atom stereocenters. The van der Waals surface area contributed by atoms with Gasteiger partial charge in [-0.1, -0.05) is 6.08 Å². The van der Waals surface area contributed by atoms with Gasteiger partial charge in [0, 0.05) is 17.4 Å². The van der Waals surface area contributed by atoms with Crippen molar-refractivity contribution in [2.75, 3.05) is 12.3 Å². The predicted octanol–water partition coefficient (Wildman–Crippen LogP) is 1.72. The summed E-state index contributed by atoms with van der Waals surface area (Å²) in [7, 11) is 0. The summed E-state index contributed by atoms with van der Waals surface area (Å²) in [5, 5.41) is 3.67. The first-order valence-electron chi connectivity index (χ1n) is 4.95. The second-order valence-electron chi connectivity index (χ2n) is 3.61. The van der Waals surface area contributed by atoms with E-state index in [9.17, 15) is 4.79 Å².